The minimum absolute atomic E-state index is 0.105. The molecule has 5 nitrogen and oxygen atoms in total. The van der Waals surface area contributed by atoms with Crippen molar-refractivity contribution in [3.05, 3.63) is 53.7 Å². The van der Waals surface area contributed by atoms with Crippen LogP contribution >= 0.6 is 0 Å². The molecule has 0 bridgehead atoms. The molecule has 26 heavy (non-hydrogen) atoms. The van der Waals surface area contributed by atoms with Gasteiger partial charge in [0.25, 0.3) is 5.91 Å². The minimum Gasteiger partial charge on any atom is -0.494 e. The lowest BCUT2D eigenvalue weighted by Crippen LogP contribution is -2.30. The Bertz CT molecular complexity index is 709. The first-order valence-electron chi connectivity index (χ1n) is 9.47. The first kappa shape index (κ1) is 18.2. The van der Waals surface area contributed by atoms with Gasteiger partial charge in [-0.25, -0.2) is 4.98 Å². The number of pyridine rings is 1. The van der Waals surface area contributed by atoms with Gasteiger partial charge in [0.1, 0.15) is 11.6 Å². The number of aromatic nitrogens is 1. The number of rotatable bonds is 7. The molecule has 3 rings (SSSR count). The Morgan fingerprint density at radius 2 is 2.04 bits per heavy atom. The average molecular weight is 353 g/mol. The molecule has 0 radical (unpaired) electrons. The van der Waals surface area contributed by atoms with E-state index in [2.05, 4.69) is 22.1 Å². The third-order valence-electron chi connectivity index (χ3n) is 4.51. The predicted molar refractivity (Wildman–Crippen MR) is 104 cm³/mol. The van der Waals surface area contributed by atoms with Gasteiger partial charge in [0.2, 0.25) is 0 Å². The zero-order chi connectivity index (χ0) is 18.2. The van der Waals surface area contributed by atoms with Crippen LogP contribution in [0.2, 0.25) is 0 Å². The molecule has 5 heteroatoms. The fourth-order valence-electron chi connectivity index (χ4n) is 3.06. The van der Waals surface area contributed by atoms with Gasteiger partial charge in [0.05, 0.1) is 6.61 Å². The molecule has 1 aliphatic rings. The smallest absolute Gasteiger partial charge is 0.251 e. The van der Waals surface area contributed by atoms with Crippen LogP contribution in [-0.2, 0) is 6.54 Å². The zero-order valence-corrected chi connectivity index (χ0v) is 15.4. The Kier molecular flexibility index (Phi) is 6.47. The molecular formula is C21H27N3O2. The van der Waals surface area contributed by atoms with E-state index in [1.165, 1.54) is 19.3 Å². The van der Waals surface area contributed by atoms with Gasteiger partial charge in [0, 0.05) is 31.4 Å². The van der Waals surface area contributed by atoms with E-state index in [-0.39, 0.29) is 5.91 Å². The van der Waals surface area contributed by atoms with Crippen molar-refractivity contribution >= 4 is 11.7 Å². The fourth-order valence-corrected chi connectivity index (χ4v) is 3.06. The molecule has 1 amide bonds. The van der Waals surface area contributed by atoms with Crippen molar-refractivity contribution in [1.29, 1.82) is 0 Å². The van der Waals surface area contributed by atoms with Crippen LogP contribution in [0.25, 0.3) is 0 Å². The number of benzene rings is 1. The number of amides is 1. The SMILES string of the molecule is CCCOc1cccc(C(=O)NCc2ccc(N3CCCCC3)nc2)c1. The highest BCUT2D eigenvalue weighted by atomic mass is 16.5. The summed E-state index contributed by atoms with van der Waals surface area (Å²) in [6.07, 6.45) is 6.58. The molecule has 2 aromatic rings. The number of ether oxygens (including phenoxy) is 1. The van der Waals surface area contributed by atoms with E-state index in [1.807, 2.05) is 30.5 Å². The maximum absolute atomic E-state index is 12.4. The summed E-state index contributed by atoms with van der Waals surface area (Å²) in [7, 11) is 0. The Labute approximate surface area is 155 Å². The molecule has 0 saturated carbocycles. The molecule has 1 fully saturated rings. The number of nitrogens with zero attached hydrogens (tertiary/aromatic N) is 2. The second kappa shape index (κ2) is 9.22. The van der Waals surface area contributed by atoms with E-state index in [0.717, 1.165) is 36.6 Å². The molecule has 0 spiro atoms. The summed E-state index contributed by atoms with van der Waals surface area (Å²) in [5, 5.41) is 2.95. The van der Waals surface area contributed by atoms with Crippen molar-refractivity contribution in [3.8, 4) is 5.75 Å². The summed E-state index contributed by atoms with van der Waals surface area (Å²) < 4.78 is 5.58. The van der Waals surface area contributed by atoms with Gasteiger partial charge in [-0.15, -0.1) is 0 Å². The Balaban J connectivity index is 1.54. The maximum atomic E-state index is 12.4. The Morgan fingerprint density at radius 3 is 2.77 bits per heavy atom. The lowest BCUT2D eigenvalue weighted by atomic mass is 10.1. The number of hydrogen-bond acceptors (Lipinski definition) is 4. The van der Waals surface area contributed by atoms with Crippen LogP contribution in [0.1, 0.15) is 48.5 Å². The lowest BCUT2D eigenvalue weighted by Gasteiger charge is -2.27. The summed E-state index contributed by atoms with van der Waals surface area (Å²) in [6.45, 7) is 5.34. The van der Waals surface area contributed by atoms with Crippen LogP contribution in [0, 0.1) is 0 Å². The van der Waals surface area contributed by atoms with Crippen LogP contribution in [0.3, 0.4) is 0 Å². The lowest BCUT2D eigenvalue weighted by molar-refractivity contribution is 0.0950. The van der Waals surface area contributed by atoms with Crippen LogP contribution in [-0.4, -0.2) is 30.6 Å². The molecular weight excluding hydrogens is 326 g/mol. The van der Waals surface area contributed by atoms with Gasteiger partial charge in [0.15, 0.2) is 0 Å². The van der Waals surface area contributed by atoms with Crippen molar-refractivity contribution < 1.29 is 9.53 Å². The number of nitrogens with one attached hydrogen (secondary N) is 1. The number of piperidine rings is 1. The number of anilines is 1. The highest BCUT2D eigenvalue weighted by Crippen LogP contribution is 2.18. The minimum atomic E-state index is -0.105. The van der Waals surface area contributed by atoms with Crippen LogP contribution in [0.5, 0.6) is 5.75 Å². The standard InChI is InChI=1S/C21H27N3O2/c1-2-13-26-19-8-6-7-18(14-19)21(25)23-16-17-9-10-20(22-15-17)24-11-4-3-5-12-24/h6-10,14-15H,2-5,11-13,16H2,1H3,(H,23,25). The summed E-state index contributed by atoms with van der Waals surface area (Å²) in [5.41, 5.74) is 1.61. The van der Waals surface area contributed by atoms with Gasteiger partial charge in [-0.3, -0.25) is 4.79 Å². The molecule has 2 heterocycles. The number of carbonyl (C=O) groups excluding carboxylic acids is 1. The first-order valence-corrected chi connectivity index (χ1v) is 9.47. The van der Waals surface area contributed by atoms with E-state index in [1.54, 1.807) is 12.1 Å². The third-order valence-corrected chi connectivity index (χ3v) is 4.51. The zero-order valence-electron chi connectivity index (χ0n) is 15.4. The number of carbonyl (C=O) groups is 1. The molecule has 1 aromatic carbocycles. The maximum Gasteiger partial charge on any atom is 0.251 e. The second-order valence-corrected chi connectivity index (χ2v) is 6.63. The highest BCUT2D eigenvalue weighted by Gasteiger charge is 2.12. The monoisotopic (exact) mass is 353 g/mol. The predicted octanol–water partition coefficient (Wildman–Crippen LogP) is 3.79. The van der Waals surface area contributed by atoms with Gasteiger partial charge in [-0.2, -0.15) is 0 Å². The summed E-state index contributed by atoms with van der Waals surface area (Å²) in [4.78, 5) is 19.2. The van der Waals surface area contributed by atoms with E-state index >= 15 is 0 Å². The van der Waals surface area contributed by atoms with E-state index in [9.17, 15) is 4.79 Å². The quantitative estimate of drug-likeness (QED) is 0.823. The second-order valence-electron chi connectivity index (χ2n) is 6.63. The van der Waals surface area contributed by atoms with E-state index < -0.39 is 0 Å². The largest absolute Gasteiger partial charge is 0.494 e. The average Bonchev–Trinajstić information content (AvgIpc) is 2.71. The van der Waals surface area contributed by atoms with Crippen molar-refractivity contribution in [2.45, 2.75) is 39.2 Å². The third kappa shape index (κ3) is 4.97. The summed E-state index contributed by atoms with van der Waals surface area (Å²) >= 11 is 0. The van der Waals surface area contributed by atoms with Crippen molar-refractivity contribution in [2.24, 2.45) is 0 Å². The van der Waals surface area contributed by atoms with E-state index in [4.69, 9.17) is 4.74 Å². The molecule has 1 N–H and O–H groups in total. The van der Waals surface area contributed by atoms with Gasteiger partial charge < -0.3 is 15.0 Å². The molecule has 1 aromatic heterocycles. The first-order chi connectivity index (χ1) is 12.8. The molecule has 1 saturated heterocycles. The van der Waals surface area contributed by atoms with Gasteiger partial charge in [-0.05, 0) is 55.5 Å². The van der Waals surface area contributed by atoms with Gasteiger partial charge >= 0.3 is 0 Å². The molecule has 0 atom stereocenters. The summed E-state index contributed by atoms with van der Waals surface area (Å²) in [6, 6.07) is 11.4. The molecule has 0 aliphatic carbocycles. The highest BCUT2D eigenvalue weighted by molar-refractivity contribution is 5.94. The van der Waals surface area contributed by atoms with Crippen molar-refractivity contribution in [3.63, 3.8) is 0 Å². The molecule has 138 valence electrons. The summed E-state index contributed by atoms with van der Waals surface area (Å²) in [5.74, 6) is 1.65. The normalized spacial score (nSPS) is 14.1. The molecule has 0 unspecified atom stereocenters. The van der Waals surface area contributed by atoms with Crippen molar-refractivity contribution in [1.82, 2.24) is 10.3 Å². The van der Waals surface area contributed by atoms with E-state index in [0.29, 0.717) is 18.7 Å². The van der Waals surface area contributed by atoms with Crippen molar-refractivity contribution in [2.75, 3.05) is 24.6 Å². The Hall–Kier alpha value is -2.56. The van der Waals surface area contributed by atoms with Gasteiger partial charge in [-0.1, -0.05) is 19.1 Å². The fraction of sp³-hybridized carbons (Fsp3) is 0.429. The number of hydrogen-bond donors (Lipinski definition) is 1. The van der Waals surface area contributed by atoms with Crippen LogP contribution < -0.4 is 15.0 Å². The van der Waals surface area contributed by atoms with Crippen LogP contribution in [0.15, 0.2) is 42.6 Å². The topological polar surface area (TPSA) is 54.5 Å². The Morgan fingerprint density at radius 1 is 1.19 bits per heavy atom. The molecule has 1 aliphatic heterocycles. The van der Waals surface area contributed by atoms with Crippen LogP contribution in [0.4, 0.5) is 5.82 Å².